The summed E-state index contributed by atoms with van der Waals surface area (Å²) in [5.74, 6) is -2.15. The van der Waals surface area contributed by atoms with Gasteiger partial charge in [-0.15, -0.1) is 0 Å². The number of carboxylic acids is 1. The summed E-state index contributed by atoms with van der Waals surface area (Å²) in [6.07, 6.45) is 2.50. The Morgan fingerprint density at radius 1 is 1.38 bits per heavy atom. The molecule has 1 aliphatic rings. The minimum Gasteiger partial charge on any atom is -0.475 e. The maximum absolute atomic E-state index is 12.4. The largest absolute Gasteiger partial charge is 0.475 e. The summed E-state index contributed by atoms with van der Waals surface area (Å²) in [4.78, 5) is 36.6. The van der Waals surface area contributed by atoms with Crippen LogP contribution in [0.3, 0.4) is 0 Å². The van der Waals surface area contributed by atoms with Gasteiger partial charge >= 0.3 is 12.1 Å². The number of ether oxygens (including phenoxy) is 2. The van der Waals surface area contributed by atoms with E-state index in [1.54, 1.807) is 12.2 Å². The van der Waals surface area contributed by atoms with Gasteiger partial charge in [-0.25, -0.2) is 9.59 Å². The highest BCUT2D eigenvalue weighted by molar-refractivity contribution is 9.10. The summed E-state index contributed by atoms with van der Waals surface area (Å²) in [6, 6.07) is 0.673. The third-order valence-corrected chi connectivity index (χ3v) is 4.17. The first-order valence-corrected chi connectivity index (χ1v) is 7.78. The second kappa shape index (κ2) is 7.63. The van der Waals surface area contributed by atoms with Crippen molar-refractivity contribution in [3.05, 3.63) is 34.2 Å². The van der Waals surface area contributed by atoms with E-state index in [0.717, 1.165) is 0 Å². The van der Waals surface area contributed by atoms with Crippen molar-refractivity contribution in [2.24, 2.45) is 0 Å². The highest BCUT2D eigenvalue weighted by Crippen LogP contribution is 2.25. The van der Waals surface area contributed by atoms with Crippen LogP contribution >= 0.6 is 15.9 Å². The molecule has 0 saturated carbocycles. The summed E-state index contributed by atoms with van der Waals surface area (Å²) >= 11 is 3.11. The first kappa shape index (κ1) is 18.2. The predicted molar refractivity (Wildman–Crippen MR) is 85.2 cm³/mol. The fourth-order valence-electron chi connectivity index (χ4n) is 2.35. The van der Waals surface area contributed by atoms with Gasteiger partial charge in [-0.1, -0.05) is 12.2 Å². The lowest BCUT2D eigenvalue weighted by Gasteiger charge is -2.33. The molecular weight excluding hydrogens is 386 g/mol. The van der Waals surface area contributed by atoms with E-state index in [4.69, 9.17) is 19.0 Å². The molecule has 1 aliphatic heterocycles. The molecule has 8 nitrogen and oxygen atoms in total. The SMILES string of the molecule is COC(=O)N1C[C@@H](OC)C=C[C@@H]1CC(=O)c1oc(C(=O)O)cc1Br. The monoisotopic (exact) mass is 401 g/mol. The topological polar surface area (TPSA) is 106 Å². The second-order valence-electron chi connectivity index (χ2n) is 5.07. The number of furan rings is 1. The van der Waals surface area contributed by atoms with Crippen LogP contribution in [-0.2, 0) is 9.47 Å². The molecule has 0 saturated heterocycles. The molecule has 2 heterocycles. The van der Waals surface area contributed by atoms with Crippen molar-refractivity contribution in [1.82, 2.24) is 4.90 Å². The fraction of sp³-hybridized carbons (Fsp3) is 0.400. The zero-order valence-electron chi connectivity index (χ0n) is 13.0. The highest BCUT2D eigenvalue weighted by atomic mass is 79.9. The number of carbonyl (C=O) groups is 3. The van der Waals surface area contributed by atoms with Crippen LogP contribution in [-0.4, -0.2) is 60.8 Å². The van der Waals surface area contributed by atoms with Gasteiger partial charge in [0.1, 0.15) is 0 Å². The molecule has 0 fully saturated rings. The van der Waals surface area contributed by atoms with Gasteiger partial charge in [0.05, 0.1) is 30.3 Å². The Hall–Kier alpha value is -2.13. The van der Waals surface area contributed by atoms with E-state index in [9.17, 15) is 14.4 Å². The number of aromatic carboxylic acids is 1. The molecule has 0 radical (unpaired) electrons. The number of hydrogen-bond acceptors (Lipinski definition) is 6. The van der Waals surface area contributed by atoms with Gasteiger partial charge in [-0.2, -0.15) is 0 Å². The second-order valence-corrected chi connectivity index (χ2v) is 5.92. The molecule has 1 amide bonds. The molecule has 0 spiro atoms. The highest BCUT2D eigenvalue weighted by Gasteiger charge is 2.32. The van der Waals surface area contributed by atoms with Gasteiger partial charge < -0.3 is 19.0 Å². The van der Waals surface area contributed by atoms with E-state index >= 15 is 0 Å². The van der Waals surface area contributed by atoms with Crippen molar-refractivity contribution in [2.75, 3.05) is 20.8 Å². The zero-order valence-corrected chi connectivity index (χ0v) is 14.6. The number of ketones is 1. The van der Waals surface area contributed by atoms with Gasteiger partial charge in [0.2, 0.25) is 11.5 Å². The van der Waals surface area contributed by atoms with E-state index in [1.165, 1.54) is 25.2 Å². The smallest absolute Gasteiger partial charge is 0.410 e. The molecule has 2 rings (SSSR count). The lowest BCUT2D eigenvalue weighted by Crippen LogP contribution is -2.47. The normalized spacial score (nSPS) is 20.0. The molecule has 24 heavy (non-hydrogen) atoms. The van der Waals surface area contributed by atoms with Crippen LogP contribution in [0, 0.1) is 0 Å². The molecule has 2 atom stereocenters. The van der Waals surface area contributed by atoms with Crippen LogP contribution in [0.2, 0.25) is 0 Å². The molecule has 0 unspecified atom stereocenters. The van der Waals surface area contributed by atoms with E-state index in [2.05, 4.69) is 15.9 Å². The lowest BCUT2D eigenvalue weighted by molar-refractivity contribution is 0.0572. The van der Waals surface area contributed by atoms with Gasteiger partial charge in [0.25, 0.3) is 0 Å². The average molecular weight is 402 g/mol. The number of methoxy groups -OCH3 is 2. The Kier molecular flexibility index (Phi) is 5.79. The van der Waals surface area contributed by atoms with Crippen molar-refractivity contribution in [3.63, 3.8) is 0 Å². The van der Waals surface area contributed by atoms with E-state index in [-0.39, 0.29) is 35.1 Å². The van der Waals surface area contributed by atoms with Crippen molar-refractivity contribution >= 4 is 33.8 Å². The maximum atomic E-state index is 12.4. The fourth-order valence-corrected chi connectivity index (χ4v) is 2.86. The Bertz CT molecular complexity index is 681. The van der Waals surface area contributed by atoms with Gasteiger partial charge in [-0.3, -0.25) is 9.69 Å². The van der Waals surface area contributed by atoms with Crippen LogP contribution in [0.5, 0.6) is 0 Å². The standard InChI is InChI=1S/C15H16BrNO7/c1-22-9-4-3-8(17(7-9)15(21)23-2)5-11(18)13-10(16)6-12(24-13)14(19)20/h3-4,6,8-9H,5,7H2,1-2H3,(H,19,20)/t8-,9+/m1/s1. The molecule has 0 aromatic carbocycles. The number of amides is 1. The number of carboxylic acid groups (broad SMARTS) is 1. The number of halogens is 1. The number of carbonyl (C=O) groups excluding carboxylic acids is 2. The third kappa shape index (κ3) is 3.85. The van der Waals surface area contributed by atoms with Crippen molar-refractivity contribution in [2.45, 2.75) is 18.6 Å². The summed E-state index contributed by atoms with van der Waals surface area (Å²) in [5, 5.41) is 8.91. The van der Waals surface area contributed by atoms with Crippen molar-refractivity contribution in [3.8, 4) is 0 Å². The maximum Gasteiger partial charge on any atom is 0.410 e. The molecular formula is C15H16BrNO7. The first-order chi connectivity index (χ1) is 11.4. The van der Waals surface area contributed by atoms with E-state index in [0.29, 0.717) is 0 Å². The van der Waals surface area contributed by atoms with Crippen molar-refractivity contribution < 1.29 is 33.4 Å². The van der Waals surface area contributed by atoms with E-state index in [1.807, 2.05) is 0 Å². The quantitative estimate of drug-likeness (QED) is 0.595. The van der Waals surface area contributed by atoms with Crippen LogP contribution < -0.4 is 0 Å². The van der Waals surface area contributed by atoms with Crippen LogP contribution in [0.15, 0.2) is 27.1 Å². The summed E-state index contributed by atoms with van der Waals surface area (Å²) in [6.45, 7) is 0.247. The predicted octanol–water partition coefficient (Wildman–Crippen LogP) is 2.33. The Labute approximate surface area is 146 Å². The molecule has 130 valence electrons. The van der Waals surface area contributed by atoms with E-state index < -0.39 is 23.9 Å². The summed E-state index contributed by atoms with van der Waals surface area (Å²) in [5.41, 5.74) is 0. The van der Waals surface area contributed by atoms with Gasteiger partial charge in [-0.05, 0) is 15.9 Å². The molecule has 0 aliphatic carbocycles. The molecule has 0 bridgehead atoms. The Morgan fingerprint density at radius 2 is 2.08 bits per heavy atom. The molecule has 9 heteroatoms. The first-order valence-electron chi connectivity index (χ1n) is 6.98. The average Bonchev–Trinajstić information content (AvgIpc) is 2.96. The van der Waals surface area contributed by atoms with Gasteiger partial charge in [0.15, 0.2) is 5.76 Å². The summed E-state index contributed by atoms with van der Waals surface area (Å²) in [7, 11) is 2.77. The van der Waals surface area contributed by atoms with Crippen LogP contribution in [0.1, 0.15) is 27.5 Å². The lowest BCUT2D eigenvalue weighted by atomic mass is 10.0. The van der Waals surface area contributed by atoms with Crippen LogP contribution in [0.25, 0.3) is 0 Å². The number of Topliss-reactive ketones (excluding diaryl/α,β-unsaturated/α-hetero) is 1. The zero-order chi connectivity index (χ0) is 17.9. The number of hydrogen-bond donors (Lipinski definition) is 1. The summed E-state index contributed by atoms with van der Waals surface area (Å²) < 4.78 is 15.2. The Morgan fingerprint density at radius 3 is 2.62 bits per heavy atom. The number of nitrogens with zero attached hydrogens (tertiary/aromatic N) is 1. The molecule has 1 aromatic heterocycles. The Balaban J connectivity index is 2.19. The molecule has 1 aromatic rings. The van der Waals surface area contributed by atoms with Gasteiger partial charge in [0, 0.05) is 19.6 Å². The minimum atomic E-state index is -1.27. The molecule has 1 N–H and O–H groups in total. The number of rotatable bonds is 5. The third-order valence-electron chi connectivity index (χ3n) is 3.58. The van der Waals surface area contributed by atoms with Crippen LogP contribution in [0.4, 0.5) is 4.79 Å². The minimum absolute atomic E-state index is 0.0762. The van der Waals surface area contributed by atoms with Crippen molar-refractivity contribution in [1.29, 1.82) is 0 Å².